The van der Waals surface area contributed by atoms with Crippen LogP contribution in [0.25, 0.3) is 21.8 Å². The van der Waals surface area contributed by atoms with E-state index in [1.165, 1.54) is 21.8 Å². The highest BCUT2D eigenvalue weighted by molar-refractivity contribution is 6.09. The Balaban J connectivity index is 1.60. The van der Waals surface area contributed by atoms with Gasteiger partial charge in [0.15, 0.2) is 0 Å². The molecule has 138 valence electrons. The normalized spacial score (nSPS) is 12.4. The molecule has 0 fully saturated rings. The molecule has 0 aliphatic rings. The van der Waals surface area contributed by atoms with E-state index in [1.807, 2.05) is 19.9 Å². The highest BCUT2D eigenvalue weighted by Gasteiger charge is 2.16. The van der Waals surface area contributed by atoms with Crippen LogP contribution in [-0.2, 0) is 11.3 Å². The lowest BCUT2D eigenvalue weighted by Crippen LogP contribution is -2.31. The van der Waals surface area contributed by atoms with Crippen LogP contribution in [0.15, 0.2) is 53.1 Å². The van der Waals surface area contributed by atoms with Crippen LogP contribution in [0.2, 0.25) is 0 Å². The number of carbonyl (C=O) groups excluding carboxylic acids is 1. The maximum absolute atomic E-state index is 12.4. The van der Waals surface area contributed by atoms with Gasteiger partial charge in [0, 0.05) is 40.1 Å². The number of aromatic nitrogens is 2. The average Bonchev–Trinajstić information content (AvgIpc) is 3.22. The number of amides is 1. The van der Waals surface area contributed by atoms with Crippen molar-refractivity contribution in [3.05, 3.63) is 54.2 Å². The largest absolute Gasteiger partial charge is 0.374 e. The molecule has 0 aliphatic carbocycles. The van der Waals surface area contributed by atoms with Crippen molar-refractivity contribution in [3.63, 3.8) is 0 Å². The molecule has 1 atom stereocenters. The Morgan fingerprint density at radius 2 is 1.93 bits per heavy atom. The third-order valence-electron chi connectivity index (χ3n) is 4.74. The maximum Gasteiger partial charge on any atom is 0.248 e. The molecule has 4 rings (SSSR count). The number of para-hydroxylation sites is 1. The van der Waals surface area contributed by atoms with Crippen molar-refractivity contribution < 1.29 is 9.32 Å². The van der Waals surface area contributed by atoms with Gasteiger partial charge in [-0.05, 0) is 45.0 Å². The number of rotatable bonds is 5. The number of nitrogens with one attached hydrogen (secondary N) is 2. The number of aryl methyl sites for hydroxylation is 2. The summed E-state index contributed by atoms with van der Waals surface area (Å²) in [5.74, 6) is 0.176. The Hall–Kier alpha value is -3.28. The molecule has 2 heterocycles. The van der Waals surface area contributed by atoms with E-state index >= 15 is 0 Å². The Kier molecular flexibility index (Phi) is 4.32. The zero-order valence-corrected chi connectivity index (χ0v) is 15.6. The van der Waals surface area contributed by atoms with Gasteiger partial charge >= 0.3 is 0 Å². The van der Waals surface area contributed by atoms with Crippen molar-refractivity contribution in [2.24, 2.45) is 0 Å². The molecular weight excluding hydrogens is 340 g/mol. The van der Waals surface area contributed by atoms with Crippen LogP contribution in [0.4, 0.5) is 11.6 Å². The molecule has 2 N–H and O–H groups in total. The maximum atomic E-state index is 12.4. The first-order chi connectivity index (χ1) is 13.1. The van der Waals surface area contributed by atoms with Crippen LogP contribution in [0, 0.1) is 6.92 Å². The average molecular weight is 362 g/mol. The molecule has 0 radical (unpaired) electrons. The van der Waals surface area contributed by atoms with Crippen LogP contribution in [-0.4, -0.2) is 21.7 Å². The molecule has 0 unspecified atom stereocenters. The van der Waals surface area contributed by atoms with Crippen molar-refractivity contribution >= 4 is 39.3 Å². The van der Waals surface area contributed by atoms with Gasteiger partial charge in [-0.25, -0.2) is 0 Å². The molecule has 1 amide bonds. The number of anilines is 2. The van der Waals surface area contributed by atoms with E-state index in [9.17, 15) is 4.79 Å². The summed E-state index contributed by atoms with van der Waals surface area (Å²) in [6.45, 7) is 6.68. The number of fused-ring (bicyclic) bond motifs is 3. The predicted molar refractivity (Wildman–Crippen MR) is 108 cm³/mol. The van der Waals surface area contributed by atoms with Crippen LogP contribution >= 0.6 is 0 Å². The molecular formula is C21H22N4O2. The van der Waals surface area contributed by atoms with Crippen molar-refractivity contribution in [2.45, 2.75) is 33.4 Å². The molecule has 0 aliphatic heterocycles. The van der Waals surface area contributed by atoms with Gasteiger partial charge in [-0.1, -0.05) is 23.4 Å². The third-order valence-corrected chi connectivity index (χ3v) is 4.74. The molecule has 6 heteroatoms. The number of hydrogen-bond donors (Lipinski definition) is 2. The number of carbonyl (C=O) groups is 1. The summed E-state index contributed by atoms with van der Waals surface area (Å²) in [6, 6.07) is 15.9. The zero-order chi connectivity index (χ0) is 19.0. The SMILES string of the molecule is CCn1c2ccccc2c2cc(N[C@H](C)C(=O)Nc3cc(C)no3)ccc21. The summed E-state index contributed by atoms with van der Waals surface area (Å²) in [5, 5.41) is 12.2. The number of nitrogens with zero attached hydrogens (tertiary/aromatic N) is 2. The first-order valence-corrected chi connectivity index (χ1v) is 9.08. The van der Waals surface area contributed by atoms with E-state index in [0.29, 0.717) is 5.88 Å². The number of benzene rings is 2. The first-order valence-electron chi connectivity index (χ1n) is 9.08. The summed E-state index contributed by atoms with van der Waals surface area (Å²) < 4.78 is 7.35. The molecule has 2 aromatic heterocycles. The standard InChI is InChI=1S/C21H22N4O2/c1-4-25-18-8-6-5-7-16(18)17-12-15(9-10-19(17)25)22-14(3)21(26)23-20-11-13(2)24-27-20/h5-12,14,22H,4H2,1-3H3,(H,23,26)/t14-/m1/s1. The lowest BCUT2D eigenvalue weighted by atomic mass is 10.1. The van der Waals surface area contributed by atoms with Gasteiger partial charge in [0.05, 0.1) is 5.69 Å². The summed E-state index contributed by atoms with van der Waals surface area (Å²) in [6.07, 6.45) is 0. The minimum absolute atomic E-state index is 0.178. The van der Waals surface area contributed by atoms with Gasteiger partial charge in [0.25, 0.3) is 0 Å². The molecule has 2 aromatic carbocycles. The Morgan fingerprint density at radius 1 is 1.15 bits per heavy atom. The smallest absolute Gasteiger partial charge is 0.248 e. The molecule has 6 nitrogen and oxygen atoms in total. The number of hydrogen-bond acceptors (Lipinski definition) is 4. The van der Waals surface area contributed by atoms with Gasteiger partial charge in [0.1, 0.15) is 6.04 Å². The minimum atomic E-state index is -0.424. The Labute approximate surface area is 157 Å². The second-order valence-corrected chi connectivity index (χ2v) is 6.68. The predicted octanol–water partition coefficient (Wildman–Crippen LogP) is 4.55. The lowest BCUT2D eigenvalue weighted by molar-refractivity contribution is -0.116. The van der Waals surface area contributed by atoms with Crippen molar-refractivity contribution in [1.29, 1.82) is 0 Å². The molecule has 0 spiro atoms. The van der Waals surface area contributed by atoms with Crippen LogP contribution in [0.5, 0.6) is 0 Å². The molecule has 0 bridgehead atoms. The first kappa shape index (κ1) is 17.1. The highest BCUT2D eigenvalue weighted by Crippen LogP contribution is 2.31. The van der Waals surface area contributed by atoms with Gasteiger partial charge in [-0.3, -0.25) is 10.1 Å². The van der Waals surface area contributed by atoms with E-state index in [0.717, 1.165) is 17.9 Å². The van der Waals surface area contributed by atoms with Crippen LogP contribution < -0.4 is 10.6 Å². The lowest BCUT2D eigenvalue weighted by Gasteiger charge is -2.14. The van der Waals surface area contributed by atoms with Crippen LogP contribution in [0.3, 0.4) is 0 Å². The monoisotopic (exact) mass is 362 g/mol. The van der Waals surface area contributed by atoms with Crippen molar-refractivity contribution in [3.8, 4) is 0 Å². The van der Waals surface area contributed by atoms with E-state index < -0.39 is 6.04 Å². The summed E-state index contributed by atoms with van der Waals surface area (Å²) in [4.78, 5) is 12.4. The van der Waals surface area contributed by atoms with Crippen molar-refractivity contribution in [1.82, 2.24) is 9.72 Å². The molecule has 4 aromatic rings. The Bertz CT molecular complexity index is 1130. The quantitative estimate of drug-likeness (QED) is 0.546. The fourth-order valence-electron chi connectivity index (χ4n) is 3.45. The van der Waals surface area contributed by atoms with Gasteiger partial charge in [0.2, 0.25) is 11.8 Å². The topological polar surface area (TPSA) is 72.1 Å². The van der Waals surface area contributed by atoms with E-state index in [1.54, 1.807) is 6.07 Å². The Morgan fingerprint density at radius 3 is 2.67 bits per heavy atom. The third kappa shape index (κ3) is 3.14. The van der Waals surface area contributed by atoms with Crippen molar-refractivity contribution in [2.75, 3.05) is 10.6 Å². The fourth-order valence-corrected chi connectivity index (χ4v) is 3.45. The summed E-state index contributed by atoms with van der Waals surface area (Å²) in [5.41, 5.74) is 4.04. The second-order valence-electron chi connectivity index (χ2n) is 6.68. The van der Waals surface area contributed by atoms with E-state index in [-0.39, 0.29) is 5.91 Å². The van der Waals surface area contributed by atoms with Gasteiger partial charge < -0.3 is 14.4 Å². The van der Waals surface area contributed by atoms with Gasteiger partial charge in [-0.15, -0.1) is 0 Å². The minimum Gasteiger partial charge on any atom is -0.374 e. The molecule has 0 saturated heterocycles. The fraction of sp³-hybridized carbons (Fsp3) is 0.238. The van der Waals surface area contributed by atoms with Gasteiger partial charge in [-0.2, -0.15) is 0 Å². The molecule has 27 heavy (non-hydrogen) atoms. The second kappa shape index (κ2) is 6.79. The van der Waals surface area contributed by atoms with Crippen LogP contribution in [0.1, 0.15) is 19.5 Å². The summed E-state index contributed by atoms with van der Waals surface area (Å²) >= 11 is 0. The van der Waals surface area contributed by atoms with E-state index in [2.05, 4.69) is 63.7 Å². The molecule has 0 saturated carbocycles. The highest BCUT2D eigenvalue weighted by atomic mass is 16.5. The van der Waals surface area contributed by atoms with E-state index in [4.69, 9.17) is 4.52 Å². The summed E-state index contributed by atoms with van der Waals surface area (Å²) in [7, 11) is 0. The zero-order valence-electron chi connectivity index (χ0n) is 15.6.